The lowest BCUT2D eigenvalue weighted by Gasteiger charge is -2.35. The molecule has 3 fully saturated rings. The summed E-state index contributed by atoms with van der Waals surface area (Å²) in [4.78, 5) is 33.2. The van der Waals surface area contributed by atoms with Crippen LogP contribution in [-0.2, 0) is 12.8 Å². The van der Waals surface area contributed by atoms with Gasteiger partial charge in [-0.1, -0.05) is 11.6 Å². The molecule has 5 rings (SSSR count). The van der Waals surface area contributed by atoms with Crippen molar-refractivity contribution in [3.05, 3.63) is 44.9 Å². The standard InChI is InChI=1S/C22H31N3O2/c1-15(2)9-10-24-12-16-7-8-18(24)14-25(13-16)22(27)19-11-17-5-3-4-6-20(17)23-21(19)26/h9,11,16,18H,3-8,10,12-14H2,1-2H3,(H,23,26)/t16-,18-/m1/s1. The molecule has 1 amide bonds. The SMILES string of the molecule is CC(C)=CCN1C[C@H]2CC[C@@H]1CN(C(=O)c1cc3c([nH]c1=O)CCCC3)C2. The van der Waals surface area contributed by atoms with Gasteiger partial charge in [-0.3, -0.25) is 14.5 Å². The number of rotatable bonds is 3. The molecule has 5 heteroatoms. The third kappa shape index (κ3) is 3.88. The van der Waals surface area contributed by atoms with Crippen molar-refractivity contribution in [3.8, 4) is 0 Å². The largest absolute Gasteiger partial charge is 0.337 e. The molecule has 1 aromatic heterocycles. The Bertz CT molecular complexity index is 806. The van der Waals surface area contributed by atoms with E-state index in [4.69, 9.17) is 0 Å². The highest BCUT2D eigenvalue weighted by Crippen LogP contribution is 2.29. The van der Waals surface area contributed by atoms with Crippen LogP contribution in [0.5, 0.6) is 0 Å². The molecular weight excluding hydrogens is 338 g/mol. The van der Waals surface area contributed by atoms with E-state index in [0.29, 0.717) is 17.5 Å². The average Bonchev–Trinajstić information content (AvgIpc) is 2.97. The number of amides is 1. The fourth-order valence-electron chi connectivity index (χ4n) is 4.87. The molecule has 4 aliphatic rings. The highest BCUT2D eigenvalue weighted by Gasteiger charge is 2.36. The molecule has 27 heavy (non-hydrogen) atoms. The van der Waals surface area contributed by atoms with Gasteiger partial charge in [0.25, 0.3) is 11.5 Å². The van der Waals surface area contributed by atoms with Crippen LogP contribution in [0.2, 0.25) is 0 Å². The molecule has 2 bridgehead atoms. The lowest BCUT2D eigenvalue weighted by Crippen LogP contribution is -2.44. The number of fused-ring (bicyclic) bond motifs is 5. The molecule has 3 saturated heterocycles. The average molecular weight is 370 g/mol. The summed E-state index contributed by atoms with van der Waals surface area (Å²) in [5, 5.41) is 0. The first kappa shape index (κ1) is 18.5. The zero-order valence-electron chi connectivity index (χ0n) is 16.6. The molecule has 146 valence electrons. The number of aromatic amines is 1. The number of aromatic nitrogens is 1. The monoisotopic (exact) mass is 369 g/mol. The molecule has 3 aliphatic heterocycles. The van der Waals surface area contributed by atoms with E-state index < -0.39 is 0 Å². The summed E-state index contributed by atoms with van der Waals surface area (Å²) in [6, 6.07) is 2.28. The van der Waals surface area contributed by atoms with E-state index in [0.717, 1.165) is 69.5 Å². The number of hydrogen-bond donors (Lipinski definition) is 1. The zero-order valence-corrected chi connectivity index (χ0v) is 16.6. The fraction of sp³-hybridized carbons (Fsp3) is 0.636. The first-order chi connectivity index (χ1) is 13.0. The lowest BCUT2D eigenvalue weighted by molar-refractivity contribution is 0.0738. The Morgan fingerprint density at radius 1 is 1.19 bits per heavy atom. The van der Waals surface area contributed by atoms with E-state index in [9.17, 15) is 9.59 Å². The Morgan fingerprint density at radius 3 is 2.81 bits per heavy atom. The number of nitrogens with one attached hydrogen (secondary N) is 1. The highest BCUT2D eigenvalue weighted by molar-refractivity contribution is 5.94. The van der Waals surface area contributed by atoms with Crippen LogP contribution < -0.4 is 5.56 Å². The third-order valence-corrected chi connectivity index (χ3v) is 6.42. The minimum atomic E-state index is -0.210. The van der Waals surface area contributed by atoms with Crippen LogP contribution >= 0.6 is 0 Å². The zero-order chi connectivity index (χ0) is 19.0. The molecule has 0 saturated carbocycles. The molecule has 0 radical (unpaired) electrons. The molecule has 2 atom stereocenters. The first-order valence-electron chi connectivity index (χ1n) is 10.4. The maximum atomic E-state index is 13.2. The van der Waals surface area contributed by atoms with Gasteiger partial charge in [0.05, 0.1) is 0 Å². The van der Waals surface area contributed by atoms with Crippen molar-refractivity contribution in [1.29, 1.82) is 0 Å². The molecule has 0 unspecified atom stereocenters. The molecular formula is C22H31N3O2. The molecule has 0 aromatic carbocycles. The third-order valence-electron chi connectivity index (χ3n) is 6.42. The predicted octanol–water partition coefficient (Wildman–Crippen LogP) is 2.76. The van der Waals surface area contributed by atoms with Gasteiger partial charge in [0, 0.05) is 37.9 Å². The van der Waals surface area contributed by atoms with Gasteiger partial charge >= 0.3 is 0 Å². The molecule has 1 N–H and O–H groups in total. The van der Waals surface area contributed by atoms with Crippen molar-refractivity contribution in [3.63, 3.8) is 0 Å². The Morgan fingerprint density at radius 2 is 2.00 bits per heavy atom. The highest BCUT2D eigenvalue weighted by atomic mass is 16.2. The Balaban J connectivity index is 1.55. The number of hydrogen-bond acceptors (Lipinski definition) is 3. The van der Waals surface area contributed by atoms with E-state index in [2.05, 4.69) is 29.8 Å². The normalized spacial score (nSPS) is 25.0. The van der Waals surface area contributed by atoms with Crippen molar-refractivity contribution in [1.82, 2.24) is 14.8 Å². The van der Waals surface area contributed by atoms with Gasteiger partial charge in [0.2, 0.25) is 0 Å². The topological polar surface area (TPSA) is 56.4 Å². The number of nitrogens with zero attached hydrogens (tertiary/aromatic N) is 2. The number of piperidine rings is 1. The summed E-state index contributed by atoms with van der Waals surface area (Å²) in [6.07, 6.45) is 8.75. The number of allylic oxidation sites excluding steroid dienone is 1. The summed E-state index contributed by atoms with van der Waals surface area (Å²) in [5.41, 5.74) is 3.66. The van der Waals surface area contributed by atoms with Gasteiger partial charge < -0.3 is 9.88 Å². The molecule has 1 aromatic rings. The summed E-state index contributed by atoms with van der Waals surface area (Å²) in [5.74, 6) is 0.431. The summed E-state index contributed by atoms with van der Waals surface area (Å²) in [7, 11) is 0. The van der Waals surface area contributed by atoms with E-state index in [1.54, 1.807) is 0 Å². The molecule has 1 aliphatic carbocycles. The minimum Gasteiger partial charge on any atom is -0.337 e. The maximum Gasteiger partial charge on any atom is 0.261 e. The van der Waals surface area contributed by atoms with E-state index in [-0.39, 0.29) is 11.5 Å². The lowest BCUT2D eigenvalue weighted by atomic mass is 9.94. The van der Waals surface area contributed by atoms with Gasteiger partial charge in [-0.05, 0) is 69.9 Å². The fourth-order valence-corrected chi connectivity index (χ4v) is 4.87. The Kier molecular flexibility index (Phi) is 5.22. The van der Waals surface area contributed by atoms with Crippen molar-refractivity contribution < 1.29 is 4.79 Å². The molecule has 0 spiro atoms. The number of pyridine rings is 1. The van der Waals surface area contributed by atoms with E-state index in [1.807, 2.05) is 11.0 Å². The Hall–Kier alpha value is -1.88. The second-order valence-corrected chi connectivity index (χ2v) is 8.77. The van der Waals surface area contributed by atoms with Crippen molar-refractivity contribution in [2.24, 2.45) is 5.92 Å². The quantitative estimate of drug-likeness (QED) is 0.834. The van der Waals surface area contributed by atoms with Crippen molar-refractivity contribution in [2.45, 2.75) is 58.4 Å². The Labute approximate surface area is 161 Å². The van der Waals surface area contributed by atoms with Crippen molar-refractivity contribution >= 4 is 5.91 Å². The summed E-state index contributed by atoms with van der Waals surface area (Å²) >= 11 is 0. The van der Waals surface area contributed by atoms with Gasteiger partial charge in [0.15, 0.2) is 0 Å². The molecule has 5 nitrogen and oxygen atoms in total. The maximum absolute atomic E-state index is 13.2. The number of carbonyl (C=O) groups is 1. The van der Waals surface area contributed by atoms with E-state index >= 15 is 0 Å². The number of carbonyl (C=O) groups excluding carboxylic acids is 1. The van der Waals surface area contributed by atoms with Gasteiger partial charge in [-0.2, -0.15) is 0 Å². The smallest absolute Gasteiger partial charge is 0.261 e. The predicted molar refractivity (Wildman–Crippen MR) is 107 cm³/mol. The van der Waals surface area contributed by atoms with Crippen LogP contribution in [0, 0.1) is 5.92 Å². The summed E-state index contributed by atoms with van der Waals surface area (Å²) in [6.45, 7) is 7.80. The number of aryl methyl sites for hydroxylation is 2. The van der Waals surface area contributed by atoms with Crippen LogP contribution in [0.3, 0.4) is 0 Å². The second kappa shape index (κ2) is 7.63. The van der Waals surface area contributed by atoms with E-state index in [1.165, 1.54) is 12.0 Å². The van der Waals surface area contributed by atoms with Crippen LogP contribution in [-0.4, -0.2) is 52.9 Å². The summed E-state index contributed by atoms with van der Waals surface area (Å²) < 4.78 is 0. The van der Waals surface area contributed by atoms with Crippen LogP contribution in [0.15, 0.2) is 22.5 Å². The minimum absolute atomic E-state index is 0.0782. The van der Waals surface area contributed by atoms with Gasteiger partial charge in [-0.25, -0.2) is 0 Å². The van der Waals surface area contributed by atoms with Crippen molar-refractivity contribution in [2.75, 3.05) is 26.2 Å². The first-order valence-corrected chi connectivity index (χ1v) is 10.4. The van der Waals surface area contributed by atoms with Crippen LogP contribution in [0.4, 0.5) is 0 Å². The van der Waals surface area contributed by atoms with Crippen LogP contribution in [0.1, 0.15) is 61.1 Å². The second-order valence-electron chi connectivity index (χ2n) is 8.77. The van der Waals surface area contributed by atoms with Gasteiger partial charge in [0.1, 0.15) is 5.56 Å². The van der Waals surface area contributed by atoms with Gasteiger partial charge in [-0.15, -0.1) is 0 Å². The number of H-pyrrole nitrogens is 1. The van der Waals surface area contributed by atoms with Crippen LogP contribution in [0.25, 0.3) is 0 Å². The molecule has 4 heterocycles.